The molecule has 0 saturated carbocycles. The maximum absolute atomic E-state index is 9.25. The van der Waals surface area contributed by atoms with Crippen LogP contribution in [0.3, 0.4) is 0 Å². The van der Waals surface area contributed by atoms with E-state index in [0.717, 1.165) is 20.6 Å². The first-order chi connectivity index (χ1) is 7.74. The molecule has 5 heteroatoms. The summed E-state index contributed by atoms with van der Waals surface area (Å²) >= 11 is 4.74. The summed E-state index contributed by atoms with van der Waals surface area (Å²) in [4.78, 5) is 5.14. The number of aliphatic hydroxyl groups is 1. The number of hydrogen-bond donors (Lipinski definition) is 1. The van der Waals surface area contributed by atoms with Crippen LogP contribution >= 0.6 is 27.3 Å². The Hall–Kier alpha value is -0.910. The number of aromatic nitrogens is 1. The Balaban J connectivity index is 2.45. The lowest BCUT2D eigenvalue weighted by Gasteiger charge is -1.99. The molecule has 2 rings (SSSR count). The largest absolute Gasteiger partial charge is 0.473 e. The predicted octanol–water partition coefficient (Wildman–Crippen LogP) is 3.07. The van der Waals surface area contributed by atoms with E-state index in [2.05, 4.69) is 20.9 Å². The number of thiazole rings is 1. The van der Waals surface area contributed by atoms with Gasteiger partial charge in [-0.1, -0.05) is 39.4 Å². The number of hydrogen-bond acceptors (Lipinski definition) is 4. The smallest absolute Gasteiger partial charge is 0.273 e. The molecule has 1 heterocycles. The van der Waals surface area contributed by atoms with E-state index in [1.54, 1.807) is 7.11 Å². The van der Waals surface area contributed by atoms with Crippen molar-refractivity contribution in [1.29, 1.82) is 0 Å². The summed E-state index contributed by atoms with van der Waals surface area (Å²) in [5.41, 5.74) is 1.77. The summed E-state index contributed by atoms with van der Waals surface area (Å²) in [6.45, 7) is -0.0214. The van der Waals surface area contributed by atoms with E-state index in [-0.39, 0.29) is 6.61 Å². The molecule has 0 fully saturated rings. The van der Waals surface area contributed by atoms with E-state index in [1.807, 2.05) is 24.3 Å². The molecule has 1 aromatic heterocycles. The molecule has 0 radical (unpaired) electrons. The minimum absolute atomic E-state index is 0.0214. The van der Waals surface area contributed by atoms with E-state index in [1.165, 1.54) is 11.3 Å². The quantitative estimate of drug-likeness (QED) is 0.947. The van der Waals surface area contributed by atoms with Crippen molar-refractivity contribution >= 4 is 27.3 Å². The zero-order chi connectivity index (χ0) is 11.5. The van der Waals surface area contributed by atoms with Gasteiger partial charge < -0.3 is 9.84 Å². The second-order valence-corrected chi connectivity index (χ2v) is 5.08. The van der Waals surface area contributed by atoms with Crippen molar-refractivity contribution in [2.45, 2.75) is 6.61 Å². The van der Waals surface area contributed by atoms with Crippen LogP contribution in [0.1, 0.15) is 4.88 Å². The molecule has 0 aliphatic carbocycles. The van der Waals surface area contributed by atoms with Gasteiger partial charge in [-0.05, 0) is 12.1 Å². The van der Waals surface area contributed by atoms with Crippen LogP contribution in [0, 0.1) is 0 Å². The lowest BCUT2D eigenvalue weighted by molar-refractivity contribution is 0.286. The first kappa shape index (κ1) is 11.6. The molecular weight excluding hydrogens is 290 g/mol. The van der Waals surface area contributed by atoms with Crippen LogP contribution in [0.15, 0.2) is 28.7 Å². The van der Waals surface area contributed by atoms with Crippen molar-refractivity contribution in [2.75, 3.05) is 7.11 Å². The maximum Gasteiger partial charge on any atom is 0.273 e. The summed E-state index contributed by atoms with van der Waals surface area (Å²) in [5.74, 6) is 0. The molecule has 3 nitrogen and oxygen atoms in total. The van der Waals surface area contributed by atoms with Crippen molar-refractivity contribution in [3.8, 4) is 16.5 Å². The van der Waals surface area contributed by atoms with Crippen LogP contribution in [0.2, 0.25) is 0 Å². The van der Waals surface area contributed by atoms with Crippen LogP contribution in [-0.4, -0.2) is 17.2 Å². The van der Waals surface area contributed by atoms with Gasteiger partial charge in [0, 0.05) is 10.0 Å². The monoisotopic (exact) mass is 299 g/mol. The van der Waals surface area contributed by atoms with Crippen molar-refractivity contribution in [2.24, 2.45) is 0 Å². The number of halogens is 1. The fourth-order valence-corrected chi connectivity index (χ4v) is 2.38. The van der Waals surface area contributed by atoms with E-state index in [9.17, 15) is 5.11 Å². The number of ether oxygens (including phenoxy) is 1. The molecule has 0 amide bonds. The third-order valence-electron chi connectivity index (χ3n) is 2.11. The second-order valence-electron chi connectivity index (χ2n) is 3.12. The highest BCUT2D eigenvalue weighted by Crippen LogP contribution is 2.32. The number of rotatable bonds is 3. The molecule has 16 heavy (non-hydrogen) atoms. The Kier molecular flexibility index (Phi) is 3.58. The average Bonchev–Trinajstić information content (AvgIpc) is 2.73. The maximum atomic E-state index is 9.25. The van der Waals surface area contributed by atoms with Crippen LogP contribution in [-0.2, 0) is 6.61 Å². The minimum atomic E-state index is -0.0214. The number of benzene rings is 1. The first-order valence-corrected chi connectivity index (χ1v) is 6.26. The van der Waals surface area contributed by atoms with Crippen LogP contribution in [0.5, 0.6) is 5.19 Å². The third kappa shape index (κ3) is 2.26. The molecule has 0 atom stereocenters. The van der Waals surface area contributed by atoms with Gasteiger partial charge in [0.1, 0.15) is 0 Å². The van der Waals surface area contributed by atoms with E-state index >= 15 is 0 Å². The Morgan fingerprint density at radius 2 is 2.06 bits per heavy atom. The van der Waals surface area contributed by atoms with Gasteiger partial charge in [-0.3, -0.25) is 0 Å². The fraction of sp³-hybridized carbons (Fsp3) is 0.182. The molecule has 1 N–H and O–H groups in total. The predicted molar refractivity (Wildman–Crippen MR) is 67.7 cm³/mol. The van der Waals surface area contributed by atoms with Gasteiger partial charge in [-0.2, -0.15) is 0 Å². The molecule has 0 saturated heterocycles. The molecule has 0 spiro atoms. The highest BCUT2D eigenvalue weighted by atomic mass is 79.9. The Labute approximate surface area is 106 Å². The van der Waals surface area contributed by atoms with Crippen molar-refractivity contribution < 1.29 is 9.84 Å². The van der Waals surface area contributed by atoms with Gasteiger partial charge in [0.05, 0.1) is 24.3 Å². The normalized spacial score (nSPS) is 10.4. The summed E-state index contributed by atoms with van der Waals surface area (Å²) < 4.78 is 6.09. The van der Waals surface area contributed by atoms with E-state index < -0.39 is 0 Å². The molecule has 84 valence electrons. The van der Waals surface area contributed by atoms with Crippen molar-refractivity contribution in [3.05, 3.63) is 33.6 Å². The standard InChI is InChI=1S/C11H10BrNO2S/c1-15-11-13-10(9(6-14)16-11)7-2-4-8(12)5-3-7/h2-5,14H,6H2,1H3. The fourth-order valence-electron chi connectivity index (χ4n) is 1.36. The number of nitrogens with zero attached hydrogens (tertiary/aromatic N) is 1. The summed E-state index contributed by atoms with van der Waals surface area (Å²) in [6, 6.07) is 7.81. The summed E-state index contributed by atoms with van der Waals surface area (Å²) in [6.07, 6.45) is 0. The van der Waals surface area contributed by atoms with Gasteiger partial charge in [-0.15, -0.1) is 0 Å². The van der Waals surface area contributed by atoms with Crippen molar-refractivity contribution in [3.63, 3.8) is 0 Å². The highest BCUT2D eigenvalue weighted by molar-refractivity contribution is 9.10. The Morgan fingerprint density at radius 1 is 1.38 bits per heavy atom. The van der Waals surface area contributed by atoms with Crippen LogP contribution < -0.4 is 4.74 Å². The molecule has 2 aromatic rings. The molecule has 0 aliphatic heterocycles. The summed E-state index contributed by atoms with van der Waals surface area (Å²) in [5, 5.41) is 9.82. The molecule has 0 bridgehead atoms. The minimum Gasteiger partial charge on any atom is -0.473 e. The number of methoxy groups -OCH3 is 1. The van der Waals surface area contributed by atoms with Gasteiger partial charge in [0.15, 0.2) is 0 Å². The Bertz CT molecular complexity index is 481. The van der Waals surface area contributed by atoms with Gasteiger partial charge in [0.25, 0.3) is 5.19 Å². The zero-order valence-corrected chi connectivity index (χ0v) is 11.0. The third-order valence-corrected chi connectivity index (χ3v) is 3.64. The first-order valence-electron chi connectivity index (χ1n) is 4.65. The SMILES string of the molecule is COc1nc(-c2ccc(Br)cc2)c(CO)s1. The molecular formula is C11H10BrNO2S. The number of aliphatic hydroxyl groups excluding tert-OH is 1. The van der Waals surface area contributed by atoms with Gasteiger partial charge in [0.2, 0.25) is 0 Å². The zero-order valence-electron chi connectivity index (χ0n) is 8.61. The Morgan fingerprint density at radius 3 is 2.62 bits per heavy atom. The lowest BCUT2D eigenvalue weighted by atomic mass is 10.1. The van der Waals surface area contributed by atoms with E-state index in [0.29, 0.717) is 5.19 Å². The molecule has 0 aliphatic rings. The topological polar surface area (TPSA) is 42.4 Å². The van der Waals surface area contributed by atoms with Gasteiger partial charge in [-0.25, -0.2) is 4.98 Å². The van der Waals surface area contributed by atoms with E-state index in [4.69, 9.17) is 4.74 Å². The van der Waals surface area contributed by atoms with Crippen LogP contribution in [0.4, 0.5) is 0 Å². The van der Waals surface area contributed by atoms with Crippen molar-refractivity contribution in [1.82, 2.24) is 4.98 Å². The molecule has 0 unspecified atom stereocenters. The molecule has 1 aromatic carbocycles. The highest BCUT2D eigenvalue weighted by Gasteiger charge is 2.12. The van der Waals surface area contributed by atoms with Gasteiger partial charge >= 0.3 is 0 Å². The average molecular weight is 300 g/mol. The van der Waals surface area contributed by atoms with Crippen LogP contribution in [0.25, 0.3) is 11.3 Å². The summed E-state index contributed by atoms with van der Waals surface area (Å²) in [7, 11) is 1.57. The second kappa shape index (κ2) is 4.95. The lowest BCUT2D eigenvalue weighted by Crippen LogP contribution is -1.85.